The Morgan fingerprint density at radius 3 is 2.56 bits per heavy atom. The molecule has 1 unspecified atom stereocenters. The standard InChI is InChI=1S/C13H24N4S/c1-11(12-15-4-9-18-12)17-7-5-16(6-8-17)10-13(2,3)14/h4,9,11H,5-8,10,14H2,1-3H3. The van der Waals surface area contributed by atoms with E-state index in [1.165, 1.54) is 5.01 Å². The third-order valence-corrected chi connectivity index (χ3v) is 4.34. The van der Waals surface area contributed by atoms with E-state index in [-0.39, 0.29) is 5.54 Å². The molecule has 0 aliphatic carbocycles. The normalized spacial score (nSPS) is 21.1. The summed E-state index contributed by atoms with van der Waals surface area (Å²) in [6.45, 7) is 11.9. The second kappa shape index (κ2) is 5.65. The average molecular weight is 268 g/mol. The molecule has 0 bridgehead atoms. The van der Waals surface area contributed by atoms with Gasteiger partial charge in [0.15, 0.2) is 0 Å². The molecule has 0 aromatic carbocycles. The third-order valence-electron chi connectivity index (χ3n) is 3.39. The van der Waals surface area contributed by atoms with Gasteiger partial charge >= 0.3 is 0 Å². The number of thiazole rings is 1. The molecule has 0 radical (unpaired) electrons. The molecule has 1 aromatic rings. The summed E-state index contributed by atoms with van der Waals surface area (Å²) in [6.07, 6.45) is 1.89. The van der Waals surface area contributed by atoms with Gasteiger partial charge in [0.2, 0.25) is 0 Å². The molecule has 1 aliphatic heterocycles. The summed E-state index contributed by atoms with van der Waals surface area (Å²) >= 11 is 1.75. The highest BCUT2D eigenvalue weighted by atomic mass is 32.1. The van der Waals surface area contributed by atoms with Gasteiger partial charge in [-0.15, -0.1) is 11.3 Å². The third kappa shape index (κ3) is 3.75. The summed E-state index contributed by atoms with van der Waals surface area (Å²) in [5, 5.41) is 3.28. The number of piperazine rings is 1. The van der Waals surface area contributed by atoms with Gasteiger partial charge in [-0.3, -0.25) is 9.80 Å². The maximum Gasteiger partial charge on any atom is 0.109 e. The Morgan fingerprint density at radius 1 is 1.39 bits per heavy atom. The van der Waals surface area contributed by atoms with E-state index >= 15 is 0 Å². The fraction of sp³-hybridized carbons (Fsp3) is 0.769. The first kappa shape index (κ1) is 13.9. The summed E-state index contributed by atoms with van der Waals surface area (Å²) in [6, 6.07) is 0.443. The number of nitrogens with two attached hydrogens (primary N) is 1. The van der Waals surface area contributed by atoms with Crippen LogP contribution in [0.2, 0.25) is 0 Å². The van der Waals surface area contributed by atoms with E-state index in [4.69, 9.17) is 5.73 Å². The molecule has 4 nitrogen and oxygen atoms in total. The first-order valence-electron chi connectivity index (χ1n) is 6.60. The van der Waals surface area contributed by atoms with Crippen LogP contribution in [0.3, 0.4) is 0 Å². The van der Waals surface area contributed by atoms with Gasteiger partial charge in [0.25, 0.3) is 0 Å². The van der Waals surface area contributed by atoms with Crippen LogP contribution < -0.4 is 5.73 Å². The van der Waals surface area contributed by atoms with Crippen LogP contribution in [-0.2, 0) is 0 Å². The van der Waals surface area contributed by atoms with Crippen molar-refractivity contribution in [2.75, 3.05) is 32.7 Å². The number of aromatic nitrogens is 1. The topological polar surface area (TPSA) is 45.4 Å². The molecular weight excluding hydrogens is 244 g/mol. The Morgan fingerprint density at radius 2 is 2.06 bits per heavy atom. The Hall–Kier alpha value is -0.490. The van der Waals surface area contributed by atoms with Crippen LogP contribution in [0.25, 0.3) is 0 Å². The molecule has 18 heavy (non-hydrogen) atoms. The molecule has 1 aliphatic rings. The molecule has 2 N–H and O–H groups in total. The Bertz CT molecular complexity index is 350. The minimum Gasteiger partial charge on any atom is -0.324 e. The van der Waals surface area contributed by atoms with Crippen LogP contribution in [0.15, 0.2) is 11.6 Å². The summed E-state index contributed by atoms with van der Waals surface area (Å²) in [4.78, 5) is 9.39. The van der Waals surface area contributed by atoms with Crippen molar-refractivity contribution in [2.45, 2.75) is 32.4 Å². The monoisotopic (exact) mass is 268 g/mol. The highest BCUT2D eigenvalue weighted by Gasteiger charge is 2.25. The fourth-order valence-electron chi connectivity index (χ4n) is 2.48. The van der Waals surface area contributed by atoms with Crippen molar-refractivity contribution in [3.63, 3.8) is 0 Å². The van der Waals surface area contributed by atoms with Crippen LogP contribution in [-0.4, -0.2) is 53.0 Å². The zero-order valence-electron chi connectivity index (χ0n) is 11.6. The lowest BCUT2D eigenvalue weighted by Gasteiger charge is -2.39. The highest BCUT2D eigenvalue weighted by molar-refractivity contribution is 7.09. The van der Waals surface area contributed by atoms with E-state index in [0.717, 1.165) is 32.7 Å². The largest absolute Gasteiger partial charge is 0.324 e. The first-order valence-corrected chi connectivity index (χ1v) is 7.48. The SMILES string of the molecule is CC(c1nccs1)N1CCN(CC(C)(C)N)CC1. The lowest BCUT2D eigenvalue weighted by molar-refractivity contribution is 0.0904. The molecular formula is C13H24N4S. The second-order valence-electron chi connectivity index (χ2n) is 5.85. The van der Waals surface area contributed by atoms with Gasteiger partial charge in [-0.05, 0) is 20.8 Å². The average Bonchev–Trinajstić information content (AvgIpc) is 2.80. The van der Waals surface area contributed by atoms with E-state index in [9.17, 15) is 0 Å². The van der Waals surface area contributed by atoms with Crippen molar-refractivity contribution in [3.05, 3.63) is 16.6 Å². The summed E-state index contributed by atoms with van der Waals surface area (Å²) in [7, 11) is 0. The van der Waals surface area contributed by atoms with E-state index in [0.29, 0.717) is 6.04 Å². The molecule has 1 saturated heterocycles. The van der Waals surface area contributed by atoms with E-state index in [2.05, 4.69) is 40.9 Å². The van der Waals surface area contributed by atoms with Gasteiger partial charge in [-0.1, -0.05) is 0 Å². The zero-order chi connectivity index (χ0) is 13.2. The van der Waals surface area contributed by atoms with Crippen molar-refractivity contribution >= 4 is 11.3 Å². The minimum absolute atomic E-state index is 0.0942. The molecule has 1 aromatic heterocycles. The highest BCUT2D eigenvalue weighted by Crippen LogP contribution is 2.23. The molecule has 1 atom stereocenters. The smallest absolute Gasteiger partial charge is 0.109 e. The van der Waals surface area contributed by atoms with Gasteiger partial charge in [0.05, 0.1) is 6.04 Å². The van der Waals surface area contributed by atoms with Crippen LogP contribution in [0, 0.1) is 0 Å². The molecule has 2 heterocycles. The van der Waals surface area contributed by atoms with E-state index < -0.39 is 0 Å². The van der Waals surface area contributed by atoms with Gasteiger partial charge in [0, 0.05) is 49.8 Å². The Balaban J connectivity index is 1.83. The van der Waals surface area contributed by atoms with Gasteiger partial charge in [0.1, 0.15) is 5.01 Å². The zero-order valence-corrected chi connectivity index (χ0v) is 12.4. The number of rotatable bonds is 4. The van der Waals surface area contributed by atoms with Gasteiger partial charge in [-0.2, -0.15) is 0 Å². The summed E-state index contributed by atoms with van der Waals surface area (Å²) in [5.74, 6) is 0. The lowest BCUT2D eigenvalue weighted by atomic mass is 10.1. The Kier molecular flexibility index (Phi) is 4.37. The van der Waals surface area contributed by atoms with Crippen molar-refractivity contribution < 1.29 is 0 Å². The molecule has 1 fully saturated rings. The number of hydrogen-bond acceptors (Lipinski definition) is 5. The van der Waals surface area contributed by atoms with Crippen LogP contribution in [0.4, 0.5) is 0 Å². The van der Waals surface area contributed by atoms with E-state index in [1.807, 2.05) is 6.20 Å². The maximum absolute atomic E-state index is 6.07. The van der Waals surface area contributed by atoms with Crippen LogP contribution in [0.1, 0.15) is 31.8 Å². The van der Waals surface area contributed by atoms with Crippen molar-refractivity contribution in [1.82, 2.24) is 14.8 Å². The molecule has 0 amide bonds. The van der Waals surface area contributed by atoms with Crippen LogP contribution >= 0.6 is 11.3 Å². The van der Waals surface area contributed by atoms with Crippen molar-refractivity contribution in [1.29, 1.82) is 0 Å². The van der Waals surface area contributed by atoms with Crippen molar-refractivity contribution in [3.8, 4) is 0 Å². The molecule has 102 valence electrons. The van der Waals surface area contributed by atoms with Crippen LogP contribution in [0.5, 0.6) is 0 Å². The quantitative estimate of drug-likeness (QED) is 0.900. The fourth-order valence-corrected chi connectivity index (χ4v) is 3.21. The Labute approximate surface area is 114 Å². The van der Waals surface area contributed by atoms with Crippen molar-refractivity contribution in [2.24, 2.45) is 5.73 Å². The molecule has 5 heteroatoms. The summed E-state index contributed by atoms with van der Waals surface area (Å²) < 4.78 is 0. The summed E-state index contributed by atoms with van der Waals surface area (Å²) in [5.41, 5.74) is 5.98. The molecule has 2 rings (SSSR count). The predicted molar refractivity (Wildman–Crippen MR) is 76.8 cm³/mol. The minimum atomic E-state index is -0.0942. The number of hydrogen-bond donors (Lipinski definition) is 1. The van der Waals surface area contributed by atoms with E-state index in [1.54, 1.807) is 11.3 Å². The molecule has 0 spiro atoms. The van der Waals surface area contributed by atoms with Gasteiger partial charge in [-0.25, -0.2) is 4.98 Å². The second-order valence-corrected chi connectivity index (χ2v) is 6.77. The maximum atomic E-state index is 6.07. The first-order chi connectivity index (χ1) is 8.46. The predicted octanol–water partition coefficient (Wildman–Crippen LogP) is 1.56. The molecule has 0 saturated carbocycles. The number of nitrogens with zero attached hydrogens (tertiary/aromatic N) is 3. The lowest BCUT2D eigenvalue weighted by Crippen LogP contribution is -2.53. The van der Waals surface area contributed by atoms with Gasteiger partial charge < -0.3 is 5.73 Å².